The lowest BCUT2D eigenvalue weighted by Gasteiger charge is -2.11. The number of nitrogens with two attached hydrogens (primary N) is 1. The van der Waals surface area contributed by atoms with Gasteiger partial charge in [0.15, 0.2) is 0 Å². The van der Waals surface area contributed by atoms with Crippen LogP contribution in [0.4, 0.5) is 0 Å². The van der Waals surface area contributed by atoms with Crippen LogP contribution in [0.1, 0.15) is 48.9 Å². The van der Waals surface area contributed by atoms with Crippen molar-refractivity contribution in [2.45, 2.75) is 43.4 Å². The minimum Gasteiger partial charge on any atom is -0.273 e. The Morgan fingerprint density at radius 2 is 1.88 bits per heavy atom. The zero-order chi connectivity index (χ0) is 17.7. The first-order chi connectivity index (χ1) is 11.3. The summed E-state index contributed by atoms with van der Waals surface area (Å²) >= 11 is 5.76. The molecule has 0 aliphatic heterocycles. The Labute approximate surface area is 146 Å². The van der Waals surface area contributed by atoms with Gasteiger partial charge in [0.25, 0.3) is 5.91 Å². The highest BCUT2D eigenvalue weighted by Gasteiger charge is 2.18. The van der Waals surface area contributed by atoms with Crippen molar-refractivity contribution < 1.29 is 18.0 Å². The summed E-state index contributed by atoms with van der Waals surface area (Å²) < 4.78 is 22.8. The number of hydrazine groups is 1. The molecule has 0 radical (unpaired) electrons. The summed E-state index contributed by atoms with van der Waals surface area (Å²) in [5.74, 6) is -0.346. The van der Waals surface area contributed by atoms with E-state index < -0.39 is 15.9 Å². The van der Waals surface area contributed by atoms with Gasteiger partial charge in [-0.25, -0.2) is 13.6 Å². The van der Waals surface area contributed by atoms with Gasteiger partial charge < -0.3 is 0 Å². The molecule has 1 aromatic carbocycles. The molecule has 9 heteroatoms. The molecule has 2 amide bonds. The van der Waals surface area contributed by atoms with Crippen molar-refractivity contribution in [1.82, 2.24) is 10.9 Å². The van der Waals surface area contributed by atoms with Crippen LogP contribution in [-0.4, -0.2) is 20.2 Å². The van der Waals surface area contributed by atoms with Crippen LogP contribution in [0.5, 0.6) is 0 Å². The Bertz CT molecular complexity index is 730. The second-order valence-corrected chi connectivity index (χ2v) is 7.82. The molecular weight excluding hydrogens is 354 g/mol. The van der Waals surface area contributed by atoms with Crippen LogP contribution >= 0.6 is 11.6 Å². The number of benzene rings is 1. The van der Waals surface area contributed by atoms with Crippen molar-refractivity contribution in [2.24, 2.45) is 11.1 Å². The fourth-order valence-corrected chi connectivity index (χ4v) is 3.83. The van der Waals surface area contributed by atoms with E-state index in [1.807, 2.05) is 0 Å². The number of hydrogen-bond acceptors (Lipinski definition) is 4. The van der Waals surface area contributed by atoms with Crippen LogP contribution < -0.4 is 16.0 Å². The summed E-state index contributed by atoms with van der Waals surface area (Å²) in [5.41, 5.74) is 4.61. The molecule has 0 bridgehead atoms. The molecule has 0 spiro atoms. The van der Waals surface area contributed by atoms with Crippen LogP contribution in [0.2, 0.25) is 5.02 Å². The van der Waals surface area contributed by atoms with Crippen molar-refractivity contribution in [3.63, 3.8) is 0 Å². The minimum atomic E-state index is -4.04. The quantitative estimate of drug-likeness (QED) is 0.681. The van der Waals surface area contributed by atoms with Gasteiger partial charge in [0, 0.05) is 12.0 Å². The molecule has 132 valence electrons. The Kier molecular flexibility index (Phi) is 6.20. The number of hydrogen-bond donors (Lipinski definition) is 3. The van der Waals surface area contributed by atoms with Crippen LogP contribution in [0, 0.1) is 5.92 Å². The SMILES string of the molecule is NS(=O)(=O)c1cc(C(=O)NNC(=O)CCC2CCCC2)ccc1Cl. The second kappa shape index (κ2) is 7.96. The summed E-state index contributed by atoms with van der Waals surface area (Å²) in [7, 11) is -4.04. The predicted molar refractivity (Wildman–Crippen MR) is 89.6 cm³/mol. The molecule has 0 heterocycles. The molecule has 1 saturated carbocycles. The summed E-state index contributed by atoms with van der Waals surface area (Å²) in [5, 5.41) is 4.96. The van der Waals surface area contributed by atoms with Crippen LogP contribution in [0.3, 0.4) is 0 Å². The lowest BCUT2D eigenvalue weighted by Crippen LogP contribution is -2.41. The third-order valence-electron chi connectivity index (χ3n) is 4.07. The zero-order valence-electron chi connectivity index (χ0n) is 13.0. The number of rotatable bonds is 5. The van der Waals surface area contributed by atoms with Gasteiger partial charge in [-0.05, 0) is 30.5 Å². The van der Waals surface area contributed by atoms with E-state index in [0.29, 0.717) is 12.3 Å². The normalized spacial score (nSPS) is 15.2. The third kappa shape index (κ3) is 5.19. The van der Waals surface area contributed by atoms with E-state index in [9.17, 15) is 18.0 Å². The van der Waals surface area contributed by atoms with E-state index in [0.717, 1.165) is 25.3 Å². The highest BCUT2D eigenvalue weighted by atomic mass is 35.5. The number of carbonyl (C=O) groups is 2. The maximum Gasteiger partial charge on any atom is 0.269 e. The van der Waals surface area contributed by atoms with Crippen molar-refractivity contribution in [2.75, 3.05) is 0 Å². The Hall–Kier alpha value is -1.64. The molecular formula is C15H20ClN3O4S. The topological polar surface area (TPSA) is 118 Å². The molecule has 1 aromatic rings. The van der Waals surface area contributed by atoms with Crippen LogP contribution in [0.25, 0.3) is 0 Å². The minimum absolute atomic E-state index is 0.0273. The standard InChI is InChI=1S/C15H20ClN3O4S/c16-12-7-6-11(9-13(12)24(17,22)23)15(21)19-18-14(20)8-5-10-3-1-2-4-10/h6-7,9-10H,1-5,8H2,(H,18,20)(H,19,21)(H2,17,22,23). The number of amides is 2. The predicted octanol–water partition coefficient (Wildman–Crippen LogP) is 1.72. The molecule has 1 aliphatic rings. The first kappa shape index (κ1) is 18.7. The Morgan fingerprint density at radius 3 is 2.50 bits per heavy atom. The highest BCUT2D eigenvalue weighted by Crippen LogP contribution is 2.28. The number of sulfonamides is 1. The smallest absolute Gasteiger partial charge is 0.269 e. The van der Waals surface area contributed by atoms with Crippen LogP contribution in [-0.2, 0) is 14.8 Å². The van der Waals surface area contributed by atoms with Crippen molar-refractivity contribution in [1.29, 1.82) is 0 Å². The van der Waals surface area contributed by atoms with Gasteiger partial charge in [0.1, 0.15) is 4.90 Å². The average Bonchev–Trinajstić information content (AvgIpc) is 3.03. The van der Waals surface area contributed by atoms with Gasteiger partial charge in [-0.3, -0.25) is 20.4 Å². The second-order valence-electron chi connectivity index (χ2n) is 5.88. The van der Waals surface area contributed by atoms with Crippen molar-refractivity contribution in [3.8, 4) is 0 Å². The fraction of sp³-hybridized carbons (Fsp3) is 0.467. The number of primary sulfonamides is 1. The van der Waals surface area contributed by atoms with Gasteiger partial charge in [-0.1, -0.05) is 37.3 Å². The van der Waals surface area contributed by atoms with Gasteiger partial charge >= 0.3 is 0 Å². The molecule has 1 fully saturated rings. The van der Waals surface area contributed by atoms with Crippen molar-refractivity contribution in [3.05, 3.63) is 28.8 Å². The van der Waals surface area contributed by atoms with Gasteiger partial charge in [-0.2, -0.15) is 0 Å². The van der Waals surface area contributed by atoms with Crippen molar-refractivity contribution >= 4 is 33.4 Å². The highest BCUT2D eigenvalue weighted by molar-refractivity contribution is 7.89. The molecule has 0 unspecified atom stereocenters. The molecule has 7 nitrogen and oxygen atoms in total. The van der Waals surface area contributed by atoms with E-state index in [2.05, 4.69) is 10.9 Å². The Balaban J connectivity index is 1.89. The van der Waals surface area contributed by atoms with E-state index in [1.54, 1.807) is 0 Å². The number of nitrogens with one attached hydrogen (secondary N) is 2. The van der Waals surface area contributed by atoms with E-state index in [4.69, 9.17) is 16.7 Å². The van der Waals surface area contributed by atoms with E-state index >= 15 is 0 Å². The zero-order valence-corrected chi connectivity index (χ0v) is 14.6. The molecule has 1 aliphatic carbocycles. The maximum absolute atomic E-state index is 12.0. The monoisotopic (exact) mass is 373 g/mol. The fourth-order valence-electron chi connectivity index (χ4n) is 2.76. The molecule has 0 atom stereocenters. The summed E-state index contributed by atoms with van der Waals surface area (Å²) in [6, 6.07) is 3.67. The number of halogens is 1. The average molecular weight is 374 g/mol. The van der Waals surface area contributed by atoms with Gasteiger partial charge in [-0.15, -0.1) is 0 Å². The molecule has 0 saturated heterocycles. The lowest BCUT2D eigenvalue weighted by atomic mass is 10.0. The summed E-state index contributed by atoms with van der Waals surface area (Å²) in [6.45, 7) is 0. The summed E-state index contributed by atoms with van der Waals surface area (Å²) in [4.78, 5) is 23.4. The maximum atomic E-state index is 12.0. The number of carbonyl (C=O) groups excluding carboxylic acids is 2. The lowest BCUT2D eigenvalue weighted by molar-refractivity contribution is -0.122. The van der Waals surface area contributed by atoms with Crippen LogP contribution in [0.15, 0.2) is 23.1 Å². The summed E-state index contributed by atoms with van der Waals surface area (Å²) in [6.07, 6.45) is 5.88. The molecule has 4 N–H and O–H groups in total. The van der Waals surface area contributed by atoms with Gasteiger partial charge in [0.05, 0.1) is 5.02 Å². The molecule has 0 aromatic heterocycles. The molecule has 24 heavy (non-hydrogen) atoms. The van der Waals surface area contributed by atoms with Gasteiger partial charge in [0.2, 0.25) is 15.9 Å². The Morgan fingerprint density at radius 1 is 1.21 bits per heavy atom. The first-order valence-electron chi connectivity index (χ1n) is 7.69. The van der Waals surface area contributed by atoms with E-state index in [1.165, 1.54) is 25.0 Å². The largest absolute Gasteiger partial charge is 0.273 e. The first-order valence-corrected chi connectivity index (χ1v) is 9.61. The van der Waals surface area contributed by atoms with E-state index in [-0.39, 0.29) is 21.4 Å². The molecule has 2 rings (SSSR count). The third-order valence-corrected chi connectivity index (χ3v) is 5.46.